The topological polar surface area (TPSA) is 70.5 Å². The lowest BCUT2D eigenvalue weighted by molar-refractivity contribution is -0.140. The second-order valence-electron chi connectivity index (χ2n) is 5.44. The molecule has 5 heteroatoms. The number of para-hydroxylation sites is 1. The molecule has 0 bridgehead atoms. The molecule has 1 aliphatic heterocycles. The Balaban J connectivity index is 2.05. The number of carbonyl (C=O) groups excluding carboxylic acids is 1. The maximum atomic E-state index is 12.7. The summed E-state index contributed by atoms with van der Waals surface area (Å²) in [6.07, 6.45) is 3.23. The van der Waals surface area contributed by atoms with E-state index in [1.165, 1.54) is 11.0 Å². The first-order valence-electron chi connectivity index (χ1n) is 7.06. The van der Waals surface area contributed by atoms with E-state index in [1.807, 2.05) is 25.1 Å². The highest BCUT2D eigenvalue weighted by atomic mass is 16.4. The molecule has 1 unspecified atom stereocenters. The molecule has 1 amide bonds. The van der Waals surface area contributed by atoms with Crippen LogP contribution in [0.15, 0.2) is 36.4 Å². The molecule has 2 heterocycles. The number of aryl methyl sites for hydroxylation is 2. The fraction of sp³-hybridized carbons (Fsp3) is 0.235. The van der Waals surface area contributed by atoms with Gasteiger partial charge in [0.15, 0.2) is 0 Å². The van der Waals surface area contributed by atoms with Crippen LogP contribution in [0.1, 0.15) is 21.6 Å². The molecule has 1 aromatic carbocycles. The van der Waals surface area contributed by atoms with E-state index in [-0.39, 0.29) is 5.91 Å². The molecule has 112 valence electrons. The molecule has 1 atom stereocenters. The van der Waals surface area contributed by atoms with Crippen LogP contribution in [0.2, 0.25) is 0 Å². The van der Waals surface area contributed by atoms with Gasteiger partial charge >= 0.3 is 5.97 Å². The Morgan fingerprint density at radius 3 is 2.82 bits per heavy atom. The van der Waals surface area contributed by atoms with Crippen LogP contribution in [0.25, 0.3) is 10.9 Å². The van der Waals surface area contributed by atoms with E-state index in [4.69, 9.17) is 0 Å². The quantitative estimate of drug-likeness (QED) is 0.863. The zero-order valence-corrected chi connectivity index (χ0v) is 12.4. The van der Waals surface area contributed by atoms with Crippen molar-refractivity contribution < 1.29 is 14.7 Å². The van der Waals surface area contributed by atoms with E-state index in [0.717, 1.165) is 16.5 Å². The number of hydrogen-bond donors (Lipinski definition) is 1. The molecule has 3 rings (SSSR count). The fourth-order valence-electron chi connectivity index (χ4n) is 2.76. The maximum Gasteiger partial charge on any atom is 0.330 e. The minimum Gasteiger partial charge on any atom is -0.479 e. The number of aliphatic carboxylic acids is 1. The first kappa shape index (κ1) is 14.3. The Kier molecular flexibility index (Phi) is 3.41. The Labute approximate surface area is 127 Å². The van der Waals surface area contributed by atoms with Gasteiger partial charge in [0.1, 0.15) is 6.04 Å². The average molecular weight is 296 g/mol. The molecule has 1 aromatic heterocycles. The number of benzene rings is 1. The lowest BCUT2D eigenvalue weighted by Gasteiger charge is -2.22. The van der Waals surface area contributed by atoms with E-state index in [1.54, 1.807) is 19.1 Å². The largest absolute Gasteiger partial charge is 0.479 e. The second kappa shape index (κ2) is 5.26. The van der Waals surface area contributed by atoms with Crippen LogP contribution in [0.4, 0.5) is 0 Å². The summed E-state index contributed by atoms with van der Waals surface area (Å²) in [5.74, 6) is -1.32. The van der Waals surface area contributed by atoms with Gasteiger partial charge in [0.05, 0.1) is 16.8 Å². The van der Waals surface area contributed by atoms with Crippen LogP contribution in [-0.4, -0.2) is 39.5 Å². The van der Waals surface area contributed by atoms with Gasteiger partial charge in [0.25, 0.3) is 5.91 Å². The van der Waals surface area contributed by atoms with Crippen molar-refractivity contribution in [2.75, 3.05) is 6.54 Å². The Hall–Kier alpha value is -2.69. The molecule has 0 radical (unpaired) electrons. The molecule has 0 aliphatic carbocycles. The standard InChI is InChI=1S/C17H16N2O3/c1-10-5-3-6-12-9-13(11(2)18-15(10)12)16(20)19-8-4-7-14(19)17(21)22/h3-7,9,14H,8H2,1-2H3,(H,21,22). The van der Waals surface area contributed by atoms with Gasteiger partial charge in [-0.15, -0.1) is 0 Å². The van der Waals surface area contributed by atoms with Crippen molar-refractivity contribution in [3.8, 4) is 0 Å². The first-order chi connectivity index (χ1) is 10.5. The second-order valence-corrected chi connectivity index (χ2v) is 5.44. The number of carboxylic acids is 1. The molecule has 1 N–H and O–H groups in total. The van der Waals surface area contributed by atoms with Crippen LogP contribution in [-0.2, 0) is 4.79 Å². The van der Waals surface area contributed by atoms with E-state index in [9.17, 15) is 14.7 Å². The third-order valence-electron chi connectivity index (χ3n) is 3.94. The predicted octanol–water partition coefficient (Wildman–Crippen LogP) is 2.32. The molecule has 2 aromatic rings. The van der Waals surface area contributed by atoms with Crippen molar-refractivity contribution in [3.63, 3.8) is 0 Å². The number of hydrogen-bond acceptors (Lipinski definition) is 3. The highest BCUT2D eigenvalue weighted by Gasteiger charge is 2.31. The van der Waals surface area contributed by atoms with Gasteiger partial charge in [-0.3, -0.25) is 9.78 Å². The van der Waals surface area contributed by atoms with E-state index < -0.39 is 12.0 Å². The van der Waals surface area contributed by atoms with E-state index >= 15 is 0 Å². The SMILES string of the molecule is Cc1nc2c(C)cccc2cc1C(=O)N1CC=CC1C(=O)O. The zero-order chi connectivity index (χ0) is 15.9. The fourth-order valence-corrected chi connectivity index (χ4v) is 2.76. The minimum absolute atomic E-state index is 0.300. The number of aromatic nitrogens is 1. The number of carboxylic acid groups (broad SMARTS) is 1. The third kappa shape index (κ3) is 2.24. The summed E-state index contributed by atoms with van der Waals surface area (Å²) >= 11 is 0. The summed E-state index contributed by atoms with van der Waals surface area (Å²) in [4.78, 5) is 29.8. The molecule has 22 heavy (non-hydrogen) atoms. The Bertz CT molecular complexity index is 811. The van der Waals surface area contributed by atoms with Gasteiger partial charge in [-0.1, -0.05) is 30.4 Å². The molecular formula is C17H16N2O3. The molecule has 5 nitrogen and oxygen atoms in total. The van der Waals surface area contributed by atoms with Gasteiger partial charge in [0, 0.05) is 11.9 Å². The van der Waals surface area contributed by atoms with Crippen molar-refractivity contribution in [2.24, 2.45) is 0 Å². The van der Waals surface area contributed by atoms with Crippen LogP contribution < -0.4 is 0 Å². The summed E-state index contributed by atoms with van der Waals surface area (Å²) in [5, 5.41) is 10.1. The van der Waals surface area contributed by atoms with Crippen molar-refractivity contribution in [2.45, 2.75) is 19.9 Å². The number of amides is 1. The maximum absolute atomic E-state index is 12.7. The van der Waals surface area contributed by atoms with Crippen molar-refractivity contribution in [3.05, 3.63) is 53.2 Å². The van der Waals surface area contributed by atoms with Gasteiger partial charge in [-0.25, -0.2) is 4.79 Å². The van der Waals surface area contributed by atoms with Crippen LogP contribution in [0.3, 0.4) is 0 Å². The lowest BCUT2D eigenvalue weighted by atomic mass is 10.1. The summed E-state index contributed by atoms with van der Waals surface area (Å²) in [6, 6.07) is 6.69. The highest BCUT2D eigenvalue weighted by Crippen LogP contribution is 2.22. The molecule has 0 spiro atoms. The number of pyridine rings is 1. The molecule has 0 saturated carbocycles. The van der Waals surface area contributed by atoms with Crippen molar-refractivity contribution >= 4 is 22.8 Å². The van der Waals surface area contributed by atoms with E-state index in [0.29, 0.717) is 17.8 Å². The van der Waals surface area contributed by atoms with Crippen LogP contribution >= 0.6 is 0 Å². The van der Waals surface area contributed by atoms with E-state index in [2.05, 4.69) is 4.98 Å². The van der Waals surface area contributed by atoms with Crippen molar-refractivity contribution in [1.29, 1.82) is 0 Å². The van der Waals surface area contributed by atoms with Crippen LogP contribution in [0.5, 0.6) is 0 Å². The third-order valence-corrected chi connectivity index (χ3v) is 3.94. The minimum atomic E-state index is -1.02. The molecular weight excluding hydrogens is 280 g/mol. The number of carbonyl (C=O) groups is 2. The first-order valence-corrected chi connectivity index (χ1v) is 7.06. The van der Waals surface area contributed by atoms with Gasteiger partial charge < -0.3 is 10.0 Å². The lowest BCUT2D eigenvalue weighted by Crippen LogP contribution is -2.41. The number of fused-ring (bicyclic) bond motifs is 1. The van der Waals surface area contributed by atoms with Gasteiger partial charge in [-0.05, 0) is 25.5 Å². The summed E-state index contributed by atoms with van der Waals surface area (Å²) in [6.45, 7) is 4.06. The highest BCUT2D eigenvalue weighted by molar-refractivity contribution is 6.01. The number of nitrogens with zero attached hydrogens (tertiary/aromatic N) is 2. The predicted molar refractivity (Wildman–Crippen MR) is 82.8 cm³/mol. The Morgan fingerprint density at radius 1 is 1.32 bits per heavy atom. The number of rotatable bonds is 2. The molecule has 0 fully saturated rings. The smallest absolute Gasteiger partial charge is 0.330 e. The van der Waals surface area contributed by atoms with Gasteiger partial charge in [0.2, 0.25) is 0 Å². The average Bonchev–Trinajstić information content (AvgIpc) is 2.96. The molecule has 0 saturated heterocycles. The van der Waals surface area contributed by atoms with Crippen LogP contribution in [0, 0.1) is 13.8 Å². The monoisotopic (exact) mass is 296 g/mol. The van der Waals surface area contributed by atoms with Gasteiger partial charge in [-0.2, -0.15) is 0 Å². The normalized spacial score (nSPS) is 17.2. The zero-order valence-electron chi connectivity index (χ0n) is 12.4. The molecule has 1 aliphatic rings. The Morgan fingerprint density at radius 2 is 2.09 bits per heavy atom. The summed E-state index contributed by atoms with van der Waals surface area (Å²) in [7, 11) is 0. The summed E-state index contributed by atoms with van der Waals surface area (Å²) in [5.41, 5.74) is 2.98. The summed E-state index contributed by atoms with van der Waals surface area (Å²) < 4.78 is 0. The van der Waals surface area contributed by atoms with Crippen molar-refractivity contribution in [1.82, 2.24) is 9.88 Å².